The lowest BCUT2D eigenvalue weighted by Crippen LogP contribution is -2.48. The summed E-state index contributed by atoms with van der Waals surface area (Å²) in [7, 11) is 0. The molecule has 4 nitrogen and oxygen atoms in total. The summed E-state index contributed by atoms with van der Waals surface area (Å²) in [6.07, 6.45) is 3.98. The first-order valence-electron chi connectivity index (χ1n) is 7.53. The number of amides is 1. The Morgan fingerprint density at radius 2 is 1.76 bits per heavy atom. The van der Waals surface area contributed by atoms with Gasteiger partial charge in [-0.2, -0.15) is 0 Å². The molecule has 0 saturated carbocycles. The minimum atomic E-state index is 0.139. The SMILES string of the molecule is CCN1CCN(C(=O)c2cccc(-n3cccc3)c2)CC1. The zero-order valence-electron chi connectivity index (χ0n) is 12.4. The highest BCUT2D eigenvalue weighted by Gasteiger charge is 2.21. The molecule has 2 heterocycles. The van der Waals surface area contributed by atoms with Crippen LogP contribution in [0.15, 0.2) is 48.8 Å². The molecule has 0 atom stereocenters. The van der Waals surface area contributed by atoms with E-state index in [4.69, 9.17) is 0 Å². The lowest BCUT2D eigenvalue weighted by atomic mass is 10.1. The van der Waals surface area contributed by atoms with Crippen molar-refractivity contribution >= 4 is 5.91 Å². The Balaban J connectivity index is 1.75. The second-order valence-electron chi connectivity index (χ2n) is 5.37. The summed E-state index contributed by atoms with van der Waals surface area (Å²) in [5.74, 6) is 0.139. The average molecular weight is 283 g/mol. The van der Waals surface area contributed by atoms with Gasteiger partial charge < -0.3 is 14.4 Å². The number of nitrogens with zero attached hydrogens (tertiary/aromatic N) is 3. The van der Waals surface area contributed by atoms with E-state index in [-0.39, 0.29) is 5.91 Å². The predicted octanol–water partition coefficient (Wildman–Crippen LogP) is 2.25. The van der Waals surface area contributed by atoms with E-state index < -0.39 is 0 Å². The van der Waals surface area contributed by atoms with Crippen LogP contribution in [0.25, 0.3) is 5.69 Å². The van der Waals surface area contributed by atoms with Crippen LogP contribution in [0.4, 0.5) is 0 Å². The first kappa shape index (κ1) is 13.9. The molecule has 1 aromatic heterocycles. The first-order chi connectivity index (χ1) is 10.3. The van der Waals surface area contributed by atoms with Gasteiger partial charge in [0.1, 0.15) is 0 Å². The third-order valence-electron chi connectivity index (χ3n) is 4.10. The van der Waals surface area contributed by atoms with Crippen LogP contribution in [0, 0.1) is 0 Å². The fourth-order valence-corrected chi connectivity index (χ4v) is 2.76. The van der Waals surface area contributed by atoms with E-state index in [2.05, 4.69) is 11.8 Å². The van der Waals surface area contributed by atoms with Crippen molar-refractivity contribution in [2.45, 2.75) is 6.92 Å². The second kappa shape index (κ2) is 6.14. The maximum atomic E-state index is 12.6. The Hall–Kier alpha value is -2.07. The average Bonchev–Trinajstić information content (AvgIpc) is 3.09. The van der Waals surface area contributed by atoms with Gasteiger partial charge in [-0.05, 0) is 36.9 Å². The van der Waals surface area contributed by atoms with Gasteiger partial charge in [-0.1, -0.05) is 13.0 Å². The van der Waals surface area contributed by atoms with Crippen LogP contribution < -0.4 is 0 Å². The van der Waals surface area contributed by atoms with Gasteiger partial charge in [-0.15, -0.1) is 0 Å². The zero-order chi connectivity index (χ0) is 14.7. The molecule has 1 aliphatic rings. The van der Waals surface area contributed by atoms with Crippen LogP contribution in [-0.2, 0) is 0 Å². The van der Waals surface area contributed by atoms with Crippen molar-refractivity contribution in [1.82, 2.24) is 14.4 Å². The van der Waals surface area contributed by atoms with Gasteiger partial charge in [0.15, 0.2) is 0 Å². The van der Waals surface area contributed by atoms with Gasteiger partial charge in [-0.25, -0.2) is 0 Å². The van der Waals surface area contributed by atoms with E-state index >= 15 is 0 Å². The van der Waals surface area contributed by atoms with Crippen LogP contribution in [-0.4, -0.2) is 53.0 Å². The number of carbonyl (C=O) groups excluding carboxylic acids is 1. The van der Waals surface area contributed by atoms with Crippen LogP contribution in [0.1, 0.15) is 17.3 Å². The molecule has 0 radical (unpaired) electrons. The van der Waals surface area contributed by atoms with E-state index in [0.717, 1.165) is 44.0 Å². The fourth-order valence-electron chi connectivity index (χ4n) is 2.76. The molecular weight excluding hydrogens is 262 g/mol. The van der Waals surface area contributed by atoms with Crippen LogP contribution in [0.5, 0.6) is 0 Å². The molecule has 1 aromatic carbocycles. The molecule has 0 bridgehead atoms. The maximum absolute atomic E-state index is 12.6. The Morgan fingerprint density at radius 1 is 1.05 bits per heavy atom. The molecule has 2 aromatic rings. The van der Waals surface area contributed by atoms with Gasteiger partial charge in [0, 0.05) is 49.8 Å². The number of hydrogen-bond donors (Lipinski definition) is 0. The van der Waals surface area contributed by atoms with Crippen molar-refractivity contribution in [1.29, 1.82) is 0 Å². The zero-order valence-corrected chi connectivity index (χ0v) is 12.4. The molecule has 0 N–H and O–H groups in total. The molecule has 1 amide bonds. The van der Waals surface area contributed by atoms with Crippen molar-refractivity contribution in [3.8, 4) is 5.69 Å². The summed E-state index contributed by atoms with van der Waals surface area (Å²) >= 11 is 0. The van der Waals surface area contributed by atoms with E-state index in [0.29, 0.717) is 0 Å². The van der Waals surface area contributed by atoms with Gasteiger partial charge in [0.05, 0.1) is 0 Å². The molecule has 21 heavy (non-hydrogen) atoms. The largest absolute Gasteiger partial charge is 0.336 e. The standard InChI is InChI=1S/C17H21N3O/c1-2-18-10-12-20(13-11-18)17(21)15-6-5-7-16(14-15)19-8-3-4-9-19/h3-9,14H,2,10-13H2,1H3. The van der Waals surface area contributed by atoms with Gasteiger partial charge in [-0.3, -0.25) is 4.79 Å². The number of piperazine rings is 1. The van der Waals surface area contributed by atoms with Crippen molar-refractivity contribution in [3.05, 3.63) is 54.4 Å². The van der Waals surface area contributed by atoms with Gasteiger partial charge in [0.25, 0.3) is 5.91 Å². The second-order valence-corrected chi connectivity index (χ2v) is 5.37. The number of rotatable bonds is 3. The topological polar surface area (TPSA) is 28.5 Å². The number of benzene rings is 1. The van der Waals surface area contributed by atoms with E-state index in [1.807, 2.05) is 58.3 Å². The molecule has 1 aliphatic heterocycles. The van der Waals surface area contributed by atoms with Crippen LogP contribution >= 0.6 is 0 Å². The summed E-state index contributed by atoms with van der Waals surface area (Å²) < 4.78 is 2.02. The third kappa shape index (κ3) is 3.00. The highest BCUT2D eigenvalue weighted by Crippen LogP contribution is 2.14. The lowest BCUT2D eigenvalue weighted by molar-refractivity contribution is 0.0643. The van der Waals surface area contributed by atoms with E-state index in [1.54, 1.807) is 0 Å². The smallest absolute Gasteiger partial charge is 0.254 e. The molecule has 0 unspecified atom stereocenters. The summed E-state index contributed by atoms with van der Waals surface area (Å²) in [5, 5.41) is 0. The van der Waals surface area contributed by atoms with Crippen molar-refractivity contribution in [3.63, 3.8) is 0 Å². The number of aromatic nitrogens is 1. The maximum Gasteiger partial charge on any atom is 0.254 e. The molecule has 110 valence electrons. The third-order valence-corrected chi connectivity index (χ3v) is 4.10. The molecule has 0 aliphatic carbocycles. The molecule has 1 fully saturated rings. The van der Waals surface area contributed by atoms with Crippen molar-refractivity contribution < 1.29 is 4.79 Å². The fraction of sp³-hybridized carbons (Fsp3) is 0.353. The van der Waals surface area contributed by atoms with Crippen molar-refractivity contribution in [2.75, 3.05) is 32.7 Å². The predicted molar refractivity (Wildman–Crippen MR) is 83.8 cm³/mol. The highest BCUT2D eigenvalue weighted by molar-refractivity contribution is 5.94. The molecule has 1 saturated heterocycles. The summed E-state index contributed by atoms with van der Waals surface area (Å²) in [4.78, 5) is 16.9. The normalized spacial score (nSPS) is 16.1. The molecule has 3 rings (SSSR count). The summed E-state index contributed by atoms with van der Waals surface area (Å²) in [6, 6.07) is 11.8. The van der Waals surface area contributed by atoms with Crippen LogP contribution in [0.3, 0.4) is 0 Å². The van der Waals surface area contributed by atoms with E-state index in [9.17, 15) is 4.79 Å². The highest BCUT2D eigenvalue weighted by atomic mass is 16.2. The van der Waals surface area contributed by atoms with Crippen molar-refractivity contribution in [2.24, 2.45) is 0 Å². The minimum absolute atomic E-state index is 0.139. The summed E-state index contributed by atoms with van der Waals surface area (Å²) in [5.41, 5.74) is 1.80. The monoisotopic (exact) mass is 283 g/mol. The Kier molecular flexibility index (Phi) is 4.06. The Labute approximate surface area is 125 Å². The van der Waals surface area contributed by atoms with E-state index in [1.165, 1.54) is 0 Å². The molecule has 0 spiro atoms. The Bertz CT molecular complexity index is 598. The van der Waals surface area contributed by atoms with Crippen LogP contribution in [0.2, 0.25) is 0 Å². The molecular formula is C17H21N3O. The summed E-state index contributed by atoms with van der Waals surface area (Å²) in [6.45, 7) is 6.81. The number of hydrogen-bond acceptors (Lipinski definition) is 2. The lowest BCUT2D eigenvalue weighted by Gasteiger charge is -2.34. The minimum Gasteiger partial charge on any atom is -0.336 e. The first-order valence-corrected chi connectivity index (χ1v) is 7.53. The molecule has 4 heteroatoms. The number of likely N-dealkylation sites (N-methyl/N-ethyl adjacent to an activating group) is 1. The van der Waals surface area contributed by atoms with Gasteiger partial charge in [0.2, 0.25) is 0 Å². The Morgan fingerprint density at radius 3 is 2.43 bits per heavy atom. The number of carbonyl (C=O) groups is 1. The quantitative estimate of drug-likeness (QED) is 0.864. The van der Waals surface area contributed by atoms with Gasteiger partial charge >= 0.3 is 0 Å².